The molecule has 0 aromatic carbocycles. The number of aliphatic hydroxyl groups is 1. The Balaban J connectivity index is 1.61. The van der Waals surface area contributed by atoms with E-state index in [0.29, 0.717) is 28.4 Å². The highest BCUT2D eigenvalue weighted by molar-refractivity contribution is 5.79. The molecule has 0 amide bonds. The molecular weight excluding hydrogens is 284 g/mol. The Morgan fingerprint density at radius 2 is 1.74 bits per heavy atom. The average Bonchev–Trinajstić information content (AvgIpc) is 2.85. The molecule has 0 aliphatic heterocycles. The molecule has 4 saturated carbocycles. The molecule has 4 aliphatic rings. The van der Waals surface area contributed by atoms with E-state index in [1.54, 1.807) is 0 Å². The Bertz CT molecular complexity index is 498. The van der Waals surface area contributed by atoms with Gasteiger partial charge >= 0.3 is 0 Å². The van der Waals surface area contributed by atoms with Crippen molar-refractivity contribution in [1.82, 2.24) is 0 Å². The van der Waals surface area contributed by atoms with Gasteiger partial charge in [0, 0.05) is 12.8 Å². The van der Waals surface area contributed by atoms with Crippen molar-refractivity contribution in [2.24, 2.45) is 40.4 Å². The molecule has 2 heteroatoms. The van der Waals surface area contributed by atoms with Crippen molar-refractivity contribution in [2.75, 3.05) is 0 Å². The Morgan fingerprint density at radius 3 is 2.48 bits per heavy atom. The molecule has 2 nitrogen and oxygen atoms in total. The first-order valence-corrected chi connectivity index (χ1v) is 10.1. The Hall–Kier alpha value is -0.370. The average molecular weight is 319 g/mol. The first-order valence-electron chi connectivity index (χ1n) is 10.1. The molecule has 0 bridgehead atoms. The Labute approximate surface area is 141 Å². The van der Waals surface area contributed by atoms with Crippen LogP contribution in [0, 0.1) is 40.4 Å². The quantitative estimate of drug-likeness (QED) is 0.767. The van der Waals surface area contributed by atoms with E-state index >= 15 is 0 Å². The second kappa shape index (κ2) is 5.31. The van der Waals surface area contributed by atoms with Crippen LogP contribution in [0.1, 0.15) is 78.6 Å². The van der Waals surface area contributed by atoms with E-state index in [2.05, 4.69) is 13.8 Å². The summed E-state index contributed by atoms with van der Waals surface area (Å²) in [6, 6.07) is 0. The van der Waals surface area contributed by atoms with Crippen LogP contribution in [0.25, 0.3) is 0 Å². The number of ketones is 1. The lowest BCUT2D eigenvalue weighted by molar-refractivity contribution is -0.141. The molecule has 0 saturated heterocycles. The van der Waals surface area contributed by atoms with Gasteiger partial charge in [0.2, 0.25) is 0 Å². The maximum absolute atomic E-state index is 11.9. The predicted octanol–water partition coefficient (Wildman–Crippen LogP) is 4.60. The summed E-state index contributed by atoms with van der Waals surface area (Å²) in [5.41, 5.74) is 0.782. The number of hydrogen-bond acceptors (Lipinski definition) is 2. The lowest BCUT2D eigenvalue weighted by Crippen LogP contribution is -2.54. The number of rotatable bonds is 1. The van der Waals surface area contributed by atoms with E-state index in [0.717, 1.165) is 37.0 Å². The van der Waals surface area contributed by atoms with Crippen LogP contribution in [0.15, 0.2) is 0 Å². The zero-order chi connectivity index (χ0) is 16.4. The molecule has 0 spiro atoms. The van der Waals surface area contributed by atoms with Crippen LogP contribution in [0.4, 0.5) is 0 Å². The first-order chi connectivity index (χ1) is 10.9. The van der Waals surface area contributed by atoms with Crippen LogP contribution in [0.2, 0.25) is 0 Å². The fourth-order valence-electron chi connectivity index (χ4n) is 7.88. The summed E-state index contributed by atoms with van der Waals surface area (Å²) in [7, 11) is 0. The van der Waals surface area contributed by atoms with Gasteiger partial charge in [-0.15, -0.1) is 0 Å². The van der Waals surface area contributed by atoms with E-state index in [4.69, 9.17) is 0 Å². The third-order valence-electron chi connectivity index (χ3n) is 9.14. The third-order valence-corrected chi connectivity index (χ3v) is 9.14. The van der Waals surface area contributed by atoms with Gasteiger partial charge in [0.05, 0.1) is 6.10 Å². The van der Waals surface area contributed by atoms with E-state index < -0.39 is 0 Å². The largest absolute Gasteiger partial charge is 0.393 e. The zero-order valence-electron chi connectivity index (χ0n) is 15.2. The third kappa shape index (κ3) is 2.19. The highest BCUT2D eigenvalue weighted by Gasteiger charge is 2.60. The molecule has 0 heterocycles. The predicted molar refractivity (Wildman–Crippen MR) is 91.9 cm³/mol. The van der Waals surface area contributed by atoms with Gasteiger partial charge in [-0.1, -0.05) is 13.8 Å². The molecule has 23 heavy (non-hydrogen) atoms. The maximum Gasteiger partial charge on any atom is 0.133 e. The number of hydrogen-bond donors (Lipinski definition) is 1. The number of carbonyl (C=O) groups excluding carboxylic acids is 1. The van der Waals surface area contributed by atoms with E-state index in [1.165, 1.54) is 38.5 Å². The maximum atomic E-state index is 11.9. The van der Waals surface area contributed by atoms with Crippen molar-refractivity contribution < 1.29 is 9.90 Å². The second-order valence-corrected chi connectivity index (χ2v) is 9.87. The van der Waals surface area contributed by atoms with E-state index in [9.17, 15) is 9.90 Å². The lowest BCUT2D eigenvalue weighted by atomic mass is 9.44. The zero-order valence-corrected chi connectivity index (χ0v) is 15.2. The van der Waals surface area contributed by atoms with E-state index in [-0.39, 0.29) is 6.10 Å². The van der Waals surface area contributed by atoms with Crippen LogP contribution >= 0.6 is 0 Å². The molecule has 130 valence electrons. The molecule has 0 aromatic heterocycles. The van der Waals surface area contributed by atoms with Gasteiger partial charge in [-0.2, -0.15) is 0 Å². The summed E-state index contributed by atoms with van der Waals surface area (Å²) in [6.07, 6.45) is 10.5. The number of carbonyl (C=O) groups is 1. The van der Waals surface area contributed by atoms with Gasteiger partial charge in [-0.05, 0) is 92.3 Å². The van der Waals surface area contributed by atoms with Crippen molar-refractivity contribution in [3.05, 3.63) is 0 Å². The Kier molecular flexibility index (Phi) is 3.72. The van der Waals surface area contributed by atoms with Crippen molar-refractivity contribution in [2.45, 2.75) is 84.7 Å². The lowest BCUT2D eigenvalue weighted by Gasteiger charge is -2.60. The van der Waals surface area contributed by atoms with Crippen molar-refractivity contribution >= 4 is 5.78 Å². The second-order valence-electron chi connectivity index (χ2n) is 9.87. The fourth-order valence-corrected chi connectivity index (χ4v) is 7.88. The summed E-state index contributed by atoms with van der Waals surface area (Å²) in [5, 5.41) is 10.3. The molecule has 4 fully saturated rings. The van der Waals surface area contributed by atoms with Crippen molar-refractivity contribution in [3.8, 4) is 0 Å². The summed E-state index contributed by atoms with van der Waals surface area (Å²) in [5.74, 6) is 4.18. The van der Waals surface area contributed by atoms with Crippen LogP contribution in [-0.4, -0.2) is 17.0 Å². The highest BCUT2D eigenvalue weighted by Crippen LogP contribution is 2.67. The Morgan fingerprint density at radius 1 is 1.00 bits per heavy atom. The van der Waals surface area contributed by atoms with E-state index in [1.807, 2.05) is 6.92 Å². The molecule has 0 radical (unpaired) electrons. The van der Waals surface area contributed by atoms with Gasteiger partial charge in [0.15, 0.2) is 0 Å². The molecule has 4 aliphatic carbocycles. The van der Waals surface area contributed by atoms with Crippen molar-refractivity contribution in [1.29, 1.82) is 0 Å². The van der Waals surface area contributed by atoms with Crippen LogP contribution in [0.5, 0.6) is 0 Å². The summed E-state index contributed by atoms with van der Waals surface area (Å²) < 4.78 is 0. The van der Waals surface area contributed by atoms with Gasteiger partial charge in [-0.3, -0.25) is 4.79 Å². The SMILES string of the molecule is C[C@H](O)[C@@H]1CC[C@@H]2[C@@H]3CC[C@H]4CC(=O)CC[C@]4(C)[C@H]3CC[C@@]21C. The molecule has 0 unspecified atom stereocenters. The highest BCUT2D eigenvalue weighted by atomic mass is 16.3. The van der Waals surface area contributed by atoms with Gasteiger partial charge in [0.25, 0.3) is 0 Å². The molecule has 8 atom stereocenters. The molecule has 4 rings (SSSR count). The summed E-state index contributed by atoms with van der Waals surface area (Å²) >= 11 is 0. The standard InChI is InChI=1S/C21H34O2/c1-13(22)17-6-7-18-16-5-4-14-12-15(23)8-10-20(14,2)19(16)9-11-21(17,18)3/h13-14,16-19,22H,4-12H2,1-3H3/t13-,14-,16-,17-,18+,19-,20-,21+/m0/s1. The minimum atomic E-state index is -0.152. The summed E-state index contributed by atoms with van der Waals surface area (Å²) in [4.78, 5) is 11.9. The van der Waals surface area contributed by atoms with Crippen LogP contribution in [-0.2, 0) is 4.79 Å². The fraction of sp³-hybridized carbons (Fsp3) is 0.952. The molecular formula is C21H34O2. The normalized spacial score (nSPS) is 54.1. The smallest absolute Gasteiger partial charge is 0.133 e. The minimum Gasteiger partial charge on any atom is -0.393 e. The van der Waals surface area contributed by atoms with Crippen LogP contribution < -0.4 is 0 Å². The molecule has 1 N–H and O–H groups in total. The molecule has 0 aromatic rings. The number of Topliss-reactive ketones (excluding diaryl/α,β-unsaturated/α-hetero) is 1. The van der Waals surface area contributed by atoms with Gasteiger partial charge in [-0.25, -0.2) is 0 Å². The van der Waals surface area contributed by atoms with Crippen LogP contribution in [0.3, 0.4) is 0 Å². The number of aliphatic hydroxyl groups excluding tert-OH is 1. The monoisotopic (exact) mass is 318 g/mol. The van der Waals surface area contributed by atoms with Crippen molar-refractivity contribution in [3.63, 3.8) is 0 Å². The first kappa shape index (κ1) is 16.1. The minimum absolute atomic E-state index is 0.152. The van der Waals surface area contributed by atoms with Gasteiger partial charge in [0.1, 0.15) is 5.78 Å². The summed E-state index contributed by atoms with van der Waals surface area (Å²) in [6.45, 7) is 7.01. The van der Waals surface area contributed by atoms with Gasteiger partial charge < -0.3 is 5.11 Å². The number of fused-ring (bicyclic) bond motifs is 5. The topological polar surface area (TPSA) is 37.3 Å².